The van der Waals surface area contributed by atoms with E-state index in [1.54, 1.807) is 0 Å². The van der Waals surface area contributed by atoms with Crippen LogP contribution in [0.25, 0.3) is 0 Å². The molecule has 0 aliphatic rings. The summed E-state index contributed by atoms with van der Waals surface area (Å²) in [7, 11) is 0. The third-order valence-corrected chi connectivity index (χ3v) is 6.11. The number of carbonyl (C=O) groups excluding carboxylic acids is 1. The molecule has 0 aromatic carbocycles. The van der Waals surface area contributed by atoms with E-state index in [1.807, 2.05) is 0 Å². The normalized spacial score (nSPS) is 11.2. The Balaban J connectivity index is 3.07. The Morgan fingerprint density at radius 3 is 1.24 bits per heavy atom. The Labute approximate surface area is 212 Å². The fourth-order valence-corrected chi connectivity index (χ4v) is 3.92. The van der Waals surface area contributed by atoms with Gasteiger partial charge in [-0.15, -0.1) is 0 Å². The van der Waals surface area contributed by atoms with E-state index in [0.29, 0.717) is 46.1 Å². The molecule has 0 radical (unpaired) electrons. The van der Waals surface area contributed by atoms with Crippen molar-refractivity contribution in [1.82, 2.24) is 0 Å². The van der Waals surface area contributed by atoms with Crippen molar-refractivity contribution < 1.29 is 23.7 Å². The van der Waals surface area contributed by atoms with Crippen LogP contribution >= 0.6 is 0 Å². The minimum Gasteiger partial charge on any atom is -0.463 e. The zero-order chi connectivity index (χ0) is 24.8. The van der Waals surface area contributed by atoms with Crippen molar-refractivity contribution in [3.8, 4) is 0 Å². The number of hydrogen-bond acceptors (Lipinski definition) is 5. The first-order chi connectivity index (χ1) is 16.8. The summed E-state index contributed by atoms with van der Waals surface area (Å²) < 4.78 is 21.7. The SMILES string of the molecule is CCCCCCCCCCCCCCCCOCCOCCOCCOC(=O)CCCCCC. The fraction of sp³-hybridized carbons (Fsp3) is 0.966. The molecule has 0 rings (SSSR count). The van der Waals surface area contributed by atoms with Gasteiger partial charge in [-0.3, -0.25) is 4.79 Å². The second kappa shape index (κ2) is 30.4. The third-order valence-electron chi connectivity index (χ3n) is 6.11. The average molecular weight is 487 g/mol. The maximum Gasteiger partial charge on any atom is 0.305 e. The van der Waals surface area contributed by atoms with E-state index in [-0.39, 0.29) is 5.97 Å². The molecule has 0 aliphatic carbocycles. The van der Waals surface area contributed by atoms with Gasteiger partial charge in [-0.05, 0) is 12.8 Å². The summed E-state index contributed by atoms with van der Waals surface area (Å²) >= 11 is 0. The molecule has 0 fully saturated rings. The highest BCUT2D eigenvalue weighted by Crippen LogP contribution is 2.13. The Kier molecular flexibility index (Phi) is 29.8. The summed E-state index contributed by atoms with van der Waals surface area (Å²) in [6.45, 7) is 8.36. The molecule has 0 unspecified atom stereocenters. The van der Waals surface area contributed by atoms with Crippen LogP contribution < -0.4 is 0 Å². The van der Waals surface area contributed by atoms with Crippen molar-refractivity contribution in [2.45, 2.75) is 136 Å². The lowest BCUT2D eigenvalue weighted by Gasteiger charge is -2.08. The van der Waals surface area contributed by atoms with Gasteiger partial charge in [-0.25, -0.2) is 0 Å². The molecule has 0 heterocycles. The first-order valence-electron chi connectivity index (χ1n) is 14.7. The van der Waals surface area contributed by atoms with E-state index >= 15 is 0 Å². The first-order valence-corrected chi connectivity index (χ1v) is 14.7. The molecule has 0 bridgehead atoms. The highest BCUT2D eigenvalue weighted by Gasteiger charge is 2.02. The molecule has 0 N–H and O–H groups in total. The molecule has 5 nitrogen and oxygen atoms in total. The predicted molar refractivity (Wildman–Crippen MR) is 142 cm³/mol. The molecule has 204 valence electrons. The van der Waals surface area contributed by atoms with E-state index in [0.717, 1.165) is 25.9 Å². The minimum atomic E-state index is -0.119. The van der Waals surface area contributed by atoms with Crippen molar-refractivity contribution in [1.29, 1.82) is 0 Å². The van der Waals surface area contributed by atoms with Crippen LogP contribution in [-0.4, -0.2) is 52.2 Å². The van der Waals surface area contributed by atoms with Gasteiger partial charge in [0.1, 0.15) is 6.61 Å². The molecule has 0 saturated carbocycles. The van der Waals surface area contributed by atoms with Crippen molar-refractivity contribution in [2.24, 2.45) is 0 Å². The number of hydrogen-bond donors (Lipinski definition) is 0. The fourth-order valence-electron chi connectivity index (χ4n) is 3.92. The molecule has 0 spiro atoms. The zero-order valence-electron chi connectivity index (χ0n) is 22.9. The molecule has 0 aliphatic heterocycles. The van der Waals surface area contributed by atoms with Gasteiger partial charge in [-0.1, -0.05) is 117 Å². The third kappa shape index (κ3) is 29.4. The maximum absolute atomic E-state index is 11.5. The van der Waals surface area contributed by atoms with E-state index in [1.165, 1.54) is 96.3 Å². The molecular weight excluding hydrogens is 428 g/mol. The number of unbranched alkanes of at least 4 members (excludes halogenated alkanes) is 16. The van der Waals surface area contributed by atoms with E-state index in [9.17, 15) is 4.79 Å². The summed E-state index contributed by atoms with van der Waals surface area (Å²) in [5.41, 5.74) is 0. The Morgan fingerprint density at radius 1 is 0.412 bits per heavy atom. The largest absolute Gasteiger partial charge is 0.463 e. The summed E-state index contributed by atoms with van der Waals surface area (Å²) in [6, 6.07) is 0. The van der Waals surface area contributed by atoms with Crippen LogP contribution in [0.3, 0.4) is 0 Å². The first kappa shape index (κ1) is 33.4. The monoisotopic (exact) mass is 486 g/mol. The Hall–Kier alpha value is -0.650. The number of esters is 1. The van der Waals surface area contributed by atoms with Crippen LogP contribution in [-0.2, 0) is 23.7 Å². The highest BCUT2D eigenvalue weighted by molar-refractivity contribution is 5.69. The quantitative estimate of drug-likeness (QED) is 0.0791. The van der Waals surface area contributed by atoms with Crippen molar-refractivity contribution in [3.63, 3.8) is 0 Å². The van der Waals surface area contributed by atoms with Gasteiger partial charge in [0.2, 0.25) is 0 Å². The summed E-state index contributed by atoms with van der Waals surface area (Å²) in [4.78, 5) is 11.5. The molecule has 0 aromatic heterocycles. The second-order valence-corrected chi connectivity index (χ2v) is 9.46. The highest BCUT2D eigenvalue weighted by atomic mass is 16.6. The van der Waals surface area contributed by atoms with Crippen molar-refractivity contribution in [3.05, 3.63) is 0 Å². The van der Waals surface area contributed by atoms with Gasteiger partial charge < -0.3 is 18.9 Å². The lowest BCUT2D eigenvalue weighted by Crippen LogP contribution is -2.14. The molecule has 0 amide bonds. The Bertz CT molecular complexity index is 389. The van der Waals surface area contributed by atoms with Crippen molar-refractivity contribution in [2.75, 3.05) is 46.2 Å². The van der Waals surface area contributed by atoms with Gasteiger partial charge in [0.25, 0.3) is 0 Å². The smallest absolute Gasteiger partial charge is 0.305 e. The zero-order valence-corrected chi connectivity index (χ0v) is 22.9. The standard InChI is InChI=1S/C29H58O5/c1-3-5-7-9-10-11-12-13-14-15-16-17-18-20-22-31-23-24-32-25-26-33-27-28-34-29(30)21-19-8-6-4-2/h3-28H2,1-2H3. The summed E-state index contributed by atoms with van der Waals surface area (Å²) in [6.07, 6.45) is 24.2. The summed E-state index contributed by atoms with van der Waals surface area (Å²) in [5, 5.41) is 0. The molecular formula is C29H58O5. The van der Waals surface area contributed by atoms with E-state index in [4.69, 9.17) is 18.9 Å². The topological polar surface area (TPSA) is 54.0 Å². The van der Waals surface area contributed by atoms with Gasteiger partial charge >= 0.3 is 5.97 Å². The lowest BCUT2D eigenvalue weighted by molar-refractivity contribution is -0.145. The predicted octanol–water partition coefficient (Wildman–Crippen LogP) is 8.03. The van der Waals surface area contributed by atoms with Crippen LogP contribution in [0.1, 0.15) is 136 Å². The summed E-state index contributed by atoms with van der Waals surface area (Å²) in [5.74, 6) is -0.119. The van der Waals surface area contributed by atoms with Crippen molar-refractivity contribution >= 4 is 5.97 Å². The molecule has 0 atom stereocenters. The van der Waals surface area contributed by atoms with Crippen LogP contribution in [0.5, 0.6) is 0 Å². The molecule has 5 heteroatoms. The van der Waals surface area contributed by atoms with Gasteiger partial charge in [0.05, 0.1) is 33.0 Å². The second-order valence-electron chi connectivity index (χ2n) is 9.46. The number of ether oxygens (including phenoxy) is 4. The molecule has 34 heavy (non-hydrogen) atoms. The lowest BCUT2D eigenvalue weighted by atomic mass is 10.0. The minimum absolute atomic E-state index is 0.119. The number of rotatable bonds is 29. The van der Waals surface area contributed by atoms with Crippen LogP contribution in [0.4, 0.5) is 0 Å². The van der Waals surface area contributed by atoms with Crippen LogP contribution in [0.2, 0.25) is 0 Å². The Morgan fingerprint density at radius 2 is 0.765 bits per heavy atom. The average Bonchev–Trinajstić information content (AvgIpc) is 2.84. The maximum atomic E-state index is 11.5. The van der Waals surface area contributed by atoms with E-state index in [2.05, 4.69) is 13.8 Å². The van der Waals surface area contributed by atoms with Gasteiger partial charge in [0.15, 0.2) is 0 Å². The van der Waals surface area contributed by atoms with Crippen LogP contribution in [0, 0.1) is 0 Å². The van der Waals surface area contributed by atoms with E-state index < -0.39 is 0 Å². The van der Waals surface area contributed by atoms with Gasteiger partial charge in [-0.2, -0.15) is 0 Å². The molecule has 0 aromatic rings. The number of carbonyl (C=O) groups is 1. The van der Waals surface area contributed by atoms with Gasteiger partial charge in [0, 0.05) is 13.0 Å². The molecule has 0 saturated heterocycles. The van der Waals surface area contributed by atoms with Crippen LogP contribution in [0.15, 0.2) is 0 Å².